The van der Waals surface area contributed by atoms with Crippen molar-refractivity contribution < 1.29 is 14.3 Å². The summed E-state index contributed by atoms with van der Waals surface area (Å²) in [6, 6.07) is 14.5. The van der Waals surface area contributed by atoms with Crippen LogP contribution in [-0.2, 0) is 11.9 Å². The summed E-state index contributed by atoms with van der Waals surface area (Å²) in [5.41, 5.74) is 4.33. The van der Waals surface area contributed by atoms with E-state index in [0.717, 1.165) is 5.75 Å². The molecule has 0 amide bonds. The molecule has 2 aromatic heterocycles. The number of imidazole rings is 1. The third-order valence-electron chi connectivity index (χ3n) is 5.08. The van der Waals surface area contributed by atoms with Gasteiger partial charge in [-0.05, 0) is 43.3 Å². The van der Waals surface area contributed by atoms with Gasteiger partial charge in [-0.25, -0.2) is 24.8 Å². The van der Waals surface area contributed by atoms with Crippen LogP contribution in [0, 0.1) is 5.41 Å². The van der Waals surface area contributed by atoms with Crippen molar-refractivity contribution in [2.24, 2.45) is 7.05 Å². The van der Waals surface area contributed by atoms with Crippen LogP contribution < -0.4 is 20.6 Å². The molecular weight excluding hydrogens is 424 g/mol. The molecule has 0 saturated carbocycles. The van der Waals surface area contributed by atoms with E-state index in [1.54, 1.807) is 26.3 Å². The van der Waals surface area contributed by atoms with Gasteiger partial charge < -0.3 is 9.47 Å². The number of ether oxygens (including phenoxy) is 2. The first-order valence-corrected chi connectivity index (χ1v) is 10.2. The van der Waals surface area contributed by atoms with Crippen molar-refractivity contribution in [3.05, 3.63) is 64.7 Å². The highest BCUT2D eigenvalue weighted by Gasteiger charge is 2.23. The molecule has 4 rings (SSSR count). The topological polar surface area (TPSA) is 116 Å². The standard InChI is InChI=1S/C23H24N6O4/c1-5-33-15-12-10-14(11-13-15)21-25-18(20(24)27-32-4)19-22(26-21)29(23(30)28(19)2)16-8-6-7-9-17(16)31-3/h6-13H,5H2,1-4H3,(H2,24,27). The minimum absolute atomic E-state index is 0.107. The van der Waals surface area contributed by atoms with E-state index in [-0.39, 0.29) is 17.2 Å². The van der Waals surface area contributed by atoms with Gasteiger partial charge in [0.05, 0.1) is 26.5 Å². The third-order valence-corrected chi connectivity index (χ3v) is 5.08. The Hall–Kier alpha value is -4.18. The predicted octanol–water partition coefficient (Wildman–Crippen LogP) is 2.67. The maximum absolute atomic E-state index is 13.3. The lowest BCUT2D eigenvalue weighted by atomic mass is 10.2. The summed E-state index contributed by atoms with van der Waals surface area (Å²) in [7, 11) is 4.55. The lowest BCUT2D eigenvalue weighted by Crippen LogP contribution is -2.25. The molecule has 170 valence electrons. The van der Waals surface area contributed by atoms with Crippen molar-refractivity contribution in [1.82, 2.24) is 24.6 Å². The van der Waals surface area contributed by atoms with Crippen LogP contribution in [0.15, 0.2) is 53.3 Å². The van der Waals surface area contributed by atoms with E-state index in [1.807, 2.05) is 43.3 Å². The fourth-order valence-corrected chi connectivity index (χ4v) is 3.60. The summed E-state index contributed by atoms with van der Waals surface area (Å²) in [5, 5.41) is 8.42. The lowest BCUT2D eigenvalue weighted by Gasteiger charge is -2.11. The van der Waals surface area contributed by atoms with Crippen molar-refractivity contribution in [1.29, 1.82) is 5.41 Å². The Bertz CT molecular complexity index is 1370. The molecule has 2 N–H and O–H groups in total. The van der Waals surface area contributed by atoms with Crippen LogP contribution in [0.2, 0.25) is 0 Å². The second-order valence-electron chi connectivity index (χ2n) is 7.06. The summed E-state index contributed by atoms with van der Waals surface area (Å²) in [6.07, 6.45) is 0. The molecule has 0 radical (unpaired) electrons. The summed E-state index contributed by atoms with van der Waals surface area (Å²) >= 11 is 0. The van der Waals surface area contributed by atoms with Crippen LogP contribution >= 0.6 is 0 Å². The second kappa shape index (κ2) is 9.13. The molecule has 0 atom stereocenters. The first-order valence-electron chi connectivity index (χ1n) is 10.2. The minimum Gasteiger partial charge on any atom is -0.495 e. The molecule has 10 nitrogen and oxygen atoms in total. The zero-order chi connectivity index (χ0) is 23.5. The fourth-order valence-electron chi connectivity index (χ4n) is 3.60. The van der Waals surface area contributed by atoms with E-state index in [0.29, 0.717) is 40.6 Å². The van der Waals surface area contributed by atoms with Crippen molar-refractivity contribution in [2.75, 3.05) is 20.8 Å². The zero-order valence-corrected chi connectivity index (χ0v) is 18.7. The van der Waals surface area contributed by atoms with E-state index in [2.05, 4.69) is 10.5 Å². The number of hydrogen-bond donors (Lipinski definition) is 2. The molecule has 0 saturated heterocycles. The Kier molecular flexibility index (Phi) is 6.09. The molecule has 0 fully saturated rings. The normalized spacial score (nSPS) is 10.9. The van der Waals surface area contributed by atoms with Gasteiger partial charge in [-0.1, -0.05) is 12.1 Å². The summed E-state index contributed by atoms with van der Waals surface area (Å²) in [4.78, 5) is 27.6. The van der Waals surface area contributed by atoms with Gasteiger partial charge in [0, 0.05) is 12.6 Å². The average molecular weight is 448 g/mol. The second-order valence-corrected chi connectivity index (χ2v) is 7.06. The van der Waals surface area contributed by atoms with Crippen LogP contribution in [0.1, 0.15) is 12.6 Å². The van der Waals surface area contributed by atoms with Gasteiger partial charge in [-0.2, -0.15) is 0 Å². The van der Waals surface area contributed by atoms with Crippen LogP contribution in [0.4, 0.5) is 0 Å². The van der Waals surface area contributed by atoms with Crippen LogP contribution in [-0.4, -0.2) is 45.8 Å². The number of rotatable bonds is 7. The van der Waals surface area contributed by atoms with E-state index < -0.39 is 0 Å². The predicted molar refractivity (Wildman–Crippen MR) is 124 cm³/mol. The Morgan fingerprint density at radius 1 is 1.09 bits per heavy atom. The zero-order valence-electron chi connectivity index (χ0n) is 18.7. The van der Waals surface area contributed by atoms with Crippen LogP contribution in [0.25, 0.3) is 28.2 Å². The number of methoxy groups -OCH3 is 1. The van der Waals surface area contributed by atoms with Crippen LogP contribution in [0.3, 0.4) is 0 Å². The van der Waals surface area contributed by atoms with Gasteiger partial charge in [-0.15, -0.1) is 0 Å². The van der Waals surface area contributed by atoms with Crippen LogP contribution in [0.5, 0.6) is 11.5 Å². The molecule has 0 spiro atoms. The average Bonchev–Trinajstić information content (AvgIpc) is 3.09. The molecular formula is C23H24N6O4. The number of aromatic nitrogens is 4. The number of hydrogen-bond acceptors (Lipinski definition) is 7. The van der Waals surface area contributed by atoms with Crippen molar-refractivity contribution in [3.63, 3.8) is 0 Å². The van der Waals surface area contributed by atoms with E-state index in [9.17, 15) is 4.79 Å². The van der Waals surface area contributed by atoms with Crippen molar-refractivity contribution in [3.8, 4) is 28.6 Å². The van der Waals surface area contributed by atoms with Crippen molar-refractivity contribution in [2.45, 2.75) is 6.92 Å². The summed E-state index contributed by atoms with van der Waals surface area (Å²) in [5.74, 6) is 1.48. The number of nitrogens with zero attached hydrogens (tertiary/aromatic N) is 4. The fraction of sp³-hybridized carbons (Fsp3) is 0.217. The molecule has 10 heteroatoms. The highest BCUT2D eigenvalue weighted by atomic mass is 16.6. The molecule has 2 heterocycles. The molecule has 0 unspecified atom stereocenters. The number of amidine groups is 1. The molecule has 0 aliphatic carbocycles. The molecule has 0 bridgehead atoms. The van der Waals surface area contributed by atoms with E-state index in [1.165, 1.54) is 16.2 Å². The van der Waals surface area contributed by atoms with Crippen molar-refractivity contribution >= 4 is 17.0 Å². The SMILES string of the molecule is CCOc1ccc(-c2nc(C(=N)NOC)c3c(n2)n(-c2ccccc2OC)c(=O)n3C)cc1. The number of benzene rings is 2. The number of fused-ring (bicyclic) bond motifs is 1. The van der Waals surface area contributed by atoms with Gasteiger partial charge in [-0.3, -0.25) is 14.8 Å². The lowest BCUT2D eigenvalue weighted by molar-refractivity contribution is 0.144. The maximum Gasteiger partial charge on any atom is 0.334 e. The number of hydroxylamine groups is 1. The smallest absolute Gasteiger partial charge is 0.334 e. The molecule has 33 heavy (non-hydrogen) atoms. The molecule has 0 aliphatic rings. The minimum atomic E-state index is -0.348. The van der Waals surface area contributed by atoms with Gasteiger partial charge in [0.2, 0.25) is 0 Å². The van der Waals surface area contributed by atoms with Gasteiger partial charge >= 0.3 is 5.69 Å². The Balaban J connectivity index is 2.03. The quantitative estimate of drug-likeness (QED) is 0.254. The highest BCUT2D eigenvalue weighted by Crippen LogP contribution is 2.28. The Morgan fingerprint density at radius 3 is 2.48 bits per heavy atom. The van der Waals surface area contributed by atoms with Gasteiger partial charge in [0.25, 0.3) is 0 Å². The Morgan fingerprint density at radius 2 is 1.82 bits per heavy atom. The molecule has 4 aromatic rings. The summed E-state index contributed by atoms with van der Waals surface area (Å²) < 4.78 is 13.9. The number of para-hydroxylation sites is 2. The Labute approximate surface area is 189 Å². The highest BCUT2D eigenvalue weighted by molar-refractivity contribution is 6.04. The maximum atomic E-state index is 13.3. The summed E-state index contributed by atoms with van der Waals surface area (Å²) in [6.45, 7) is 2.47. The monoisotopic (exact) mass is 448 g/mol. The first-order chi connectivity index (χ1) is 16.0. The van der Waals surface area contributed by atoms with Gasteiger partial charge in [0.15, 0.2) is 17.3 Å². The third kappa shape index (κ3) is 3.92. The molecule has 2 aromatic carbocycles. The first kappa shape index (κ1) is 22.0. The molecule has 0 aliphatic heterocycles. The number of aryl methyl sites for hydroxylation is 1. The van der Waals surface area contributed by atoms with Gasteiger partial charge in [0.1, 0.15) is 22.7 Å². The van der Waals surface area contributed by atoms with E-state index >= 15 is 0 Å². The van der Waals surface area contributed by atoms with E-state index in [4.69, 9.17) is 24.7 Å². The largest absolute Gasteiger partial charge is 0.495 e. The number of nitrogens with one attached hydrogen (secondary N) is 2.